The molecule has 0 aromatic heterocycles. The summed E-state index contributed by atoms with van der Waals surface area (Å²) in [6.45, 7) is 4.25. The maximum atomic E-state index is 11.5. The minimum atomic E-state index is -3.94. The zero-order chi connectivity index (χ0) is 18.3. The van der Waals surface area contributed by atoms with Gasteiger partial charge in [0.05, 0.1) is 11.4 Å². The monoisotopic (exact) mass is 364 g/mol. The van der Waals surface area contributed by atoms with E-state index in [9.17, 15) is 18.1 Å². The first-order valence-corrected chi connectivity index (χ1v) is 11.6. The van der Waals surface area contributed by atoms with Crippen LogP contribution in [0.3, 0.4) is 0 Å². The smallest absolute Gasteiger partial charge is 0.267 e. The van der Waals surface area contributed by atoms with Gasteiger partial charge in [0.25, 0.3) is 10.1 Å². The average molecular weight is 365 g/mol. The molecule has 0 radical (unpaired) electrons. The summed E-state index contributed by atoms with van der Waals surface area (Å²) in [5.41, 5.74) is 0. The van der Waals surface area contributed by atoms with Gasteiger partial charge in [0.2, 0.25) is 0 Å². The number of aliphatic hydroxyl groups excluding tert-OH is 1. The second kappa shape index (κ2) is 15.2. The fourth-order valence-corrected chi connectivity index (χ4v) is 4.11. The lowest BCUT2D eigenvalue weighted by Gasteiger charge is -2.14. The van der Waals surface area contributed by atoms with E-state index in [1.165, 1.54) is 32.1 Å². The summed E-state index contributed by atoms with van der Waals surface area (Å²) in [7, 11) is -3.94. The molecule has 0 aliphatic rings. The molecule has 0 spiro atoms. The minimum Gasteiger partial charge on any atom is -0.393 e. The van der Waals surface area contributed by atoms with E-state index in [-0.39, 0.29) is 6.10 Å². The molecule has 0 aromatic rings. The summed E-state index contributed by atoms with van der Waals surface area (Å²) in [6.07, 6.45) is 14.3. The van der Waals surface area contributed by atoms with Gasteiger partial charge in [0.1, 0.15) is 0 Å². The maximum absolute atomic E-state index is 11.5. The zero-order valence-electron chi connectivity index (χ0n) is 15.9. The number of rotatable bonds is 17. The maximum Gasteiger partial charge on any atom is 0.267 e. The lowest BCUT2D eigenvalue weighted by atomic mass is 10.0. The summed E-state index contributed by atoms with van der Waals surface area (Å²) >= 11 is 0. The fourth-order valence-electron chi connectivity index (χ4n) is 3.18. The van der Waals surface area contributed by atoms with Gasteiger partial charge < -0.3 is 5.11 Å². The van der Waals surface area contributed by atoms with Crippen molar-refractivity contribution in [3.05, 3.63) is 0 Å². The molecule has 0 amide bonds. The second-order valence-corrected chi connectivity index (χ2v) is 8.82. The Hall–Kier alpha value is -0.130. The molecule has 2 N–H and O–H groups in total. The van der Waals surface area contributed by atoms with Crippen LogP contribution in [0.5, 0.6) is 0 Å². The van der Waals surface area contributed by atoms with Gasteiger partial charge >= 0.3 is 0 Å². The van der Waals surface area contributed by atoms with Crippen molar-refractivity contribution in [3.63, 3.8) is 0 Å². The van der Waals surface area contributed by atoms with Crippen molar-refractivity contribution in [2.45, 2.75) is 122 Å². The third kappa shape index (κ3) is 14.2. The first-order chi connectivity index (χ1) is 11.4. The largest absolute Gasteiger partial charge is 0.393 e. The average Bonchev–Trinajstić information content (AvgIpc) is 2.51. The Bertz CT molecular complexity index is 368. The molecule has 2 unspecified atom stereocenters. The van der Waals surface area contributed by atoms with E-state index >= 15 is 0 Å². The fraction of sp³-hybridized carbons (Fsp3) is 1.00. The van der Waals surface area contributed by atoms with Crippen LogP contribution in [0.25, 0.3) is 0 Å². The highest BCUT2D eigenvalue weighted by Gasteiger charge is 2.22. The van der Waals surface area contributed by atoms with E-state index in [1.807, 2.05) is 6.92 Å². The van der Waals surface area contributed by atoms with Crippen LogP contribution in [0, 0.1) is 0 Å². The van der Waals surface area contributed by atoms with Crippen LogP contribution >= 0.6 is 0 Å². The normalized spacial score (nSPS) is 14.7. The van der Waals surface area contributed by atoms with E-state index < -0.39 is 15.4 Å². The quantitative estimate of drug-likeness (QED) is 0.264. The van der Waals surface area contributed by atoms with Gasteiger partial charge in [-0.3, -0.25) is 4.55 Å². The van der Waals surface area contributed by atoms with Crippen molar-refractivity contribution in [2.24, 2.45) is 0 Å². The Labute approximate surface area is 150 Å². The van der Waals surface area contributed by atoms with Gasteiger partial charge in [-0.15, -0.1) is 0 Å². The first-order valence-electron chi connectivity index (χ1n) is 10.1. The lowest BCUT2D eigenvalue weighted by molar-refractivity contribution is 0.150. The molecule has 0 aromatic carbocycles. The van der Waals surface area contributed by atoms with E-state index in [4.69, 9.17) is 0 Å². The van der Waals surface area contributed by atoms with Crippen molar-refractivity contribution >= 4 is 10.1 Å². The van der Waals surface area contributed by atoms with Crippen molar-refractivity contribution in [1.82, 2.24) is 0 Å². The molecule has 0 saturated heterocycles. The minimum absolute atomic E-state index is 0.271. The number of unbranched alkanes of at least 4 members (excludes halogenated alkanes) is 8. The van der Waals surface area contributed by atoms with Crippen LogP contribution in [0.4, 0.5) is 0 Å². The van der Waals surface area contributed by atoms with Crippen LogP contribution in [-0.4, -0.2) is 29.4 Å². The molecule has 5 heteroatoms. The molecular formula is C19H40O4S. The number of hydrogen-bond donors (Lipinski definition) is 2. The molecule has 0 fully saturated rings. The van der Waals surface area contributed by atoms with Gasteiger partial charge in [-0.25, -0.2) is 0 Å². The van der Waals surface area contributed by atoms with Gasteiger partial charge in [0.15, 0.2) is 0 Å². The van der Waals surface area contributed by atoms with Crippen molar-refractivity contribution in [2.75, 3.05) is 0 Å². The summed E-state index contributed by atoms with van der Waals surface area (Å²) < 4.78 is 32.4. The van der Waals surface area contributed by atoms with Crippen LogP contribution < -0.4 is 0 Å². The third-order valence-electron chi connectivity index (χ3n) is 4.74. The van der Waals surface area contributed by atoms with Crippen molar-refractivity contribution < 1.29 is 18.1 Å². The first kappa shape index (κ1) is 23.9. The summed E-state index contributed by atoms with van der Waals surface area (Å²) in [5, 5.41) is 9.06. The van der Waals surface area contributed by atoms with Crippen LogP contribution in [0.15, 0.2) is 0 Å². The number of aliphatic hydroxyl groups is 1. The number of hydrogen-bond acceptors (Lipinski definition) is 3. The molecule has 0 heterocycles. The Morgan fingerprint density at radius 1 is 0.667 bits per heavy atom. The molecule has 0 aliphatic heterocycles. The van der Waals surface area contributed by atoms with E-state index in [0.717, 1.165) is 51.4 Å². The lowest BCUT2D eigenvalue weighted by Crippen LogP contribution is -2.20. The van der Waals surface area contributed by atoms with E-state index in [0.29, 0.717) is 12.8 Å². The van der Waals surface area contributed by atoms with Gasteiger partial charge in [-0.05, 0) is 25.7 Å². The molecule has 0 saturated carbocycles. The molecule has 0 rings (SSSR count). The molecule has 4 nitrogen and oxygen atoms in total. The van der Waals surface area contributed by atoms with Crippen LogP contribution in [-0.2, 0) is 10.1 Å². The second-order valence-electron chi connectivity index (χ2n) is 7.13. The summed E-state index contributed by atoms with van der Waals surface area (Å²) in [6, 6.07) is 0. The molecule has 0 aliphatic carbocycles. The Morgan fingerprint density at radius 2 is 1.12 bits per heavy atom. The Kier molecular flexibility index (Phi) is 15.1. The predicted molar refractivity (Wildman–Crippen MR) is 102 cm³/mol. The molecular weight excluding hydrogens is 324 g/mol. The van der Waals surface area contributed by atoms with Gasteiger partial charge in [0, 0.05) is 0 Å². The highest BCUT2D eigenvalue weighted by atomic mass is 32.2. The van der Waals surface area contributed by atoms with Crippen molar-refractivity contribution in [1.29, 1.82) is 0 Å². The highest BCUT2D eigenvalue weighted by Crippen LogP contribution is 2.19. The van der Waals surface area contributed by atoms with E-state index in [1.54, 1.807) is 0 Å². The Balaban J connectivity index is 3.83. The van der Waals surface area contributed by atoms with Gasteiger partial charge in [-0.1, -0.05) is 84.5 Å². The summed E-state index contributed by atoms with van der Waals surface area (Å²) in [5.74, 6) is 0. The molecule has 24 heavy (non-hydrogen) atoms. The summed E-state index contributed by atoms with van der Waals surface area (Å²) in [4.78, 5) is 0. The molecule has 0 bridgehead atoms. The predicted octanol–water partition coefficient (Wildman–Crippen LogP) is 5.50. The zero-order valence-corrected chi connectivity index (χ0v) is 16.7. The van der Waals surface area contributed by atoms with Crippen LogP contribution in [0.2, 0.25) is 0 Å². The SMILES string of the molecule is CCCCCCCCCCC(CCCCC(O)CCC)S(=O)(=O)O. The molecule has 146 valence electrons. The third-order valence-corrected chi connectivity index (χ3v) is 6.05. The van der Waals surface area contributed by atoms with Crippen molar-refractivity contribution in [3.8, 4) is 0 Å². The highest BCUT2D eigenvalue weighted by molar-refractivity contribution is 7.86. The van der Waals surface area contributed by atoms with E-state index in [2.05, 4.69) is 6.92 Å². The molecule has 2 atom stereocenters. The standard InChI is InChI=1S/C19H40O4S/c1-3-5-6-7-8-9-10-11-16-19(24(21,22)23)17-13-12-15-18(20)14-4-2/h18-20H,3-17H2,1-2H3,(H,21,22,23). The van der Waals surface area contributed by atoms with Crippen LogP contribution in [0.1, 0.15) is 110 Å². The topological polar surface area (TPSA) is 74.6 Å². The Morgan fingerprint density at radius 3 is 1.62 bits per heavy atom. The van der Waals surface area contributed by atoms with Gasteiger partial charge in [-0.2, -0.15) is 8.42 Å².